The molecule has 0 bridgehead atoms. The van der Waals surface area contributed by atoms with Gasteiger partial charge in [-0.3, -0.25) is 0 Å². The van der Waals surface area contributed by atoms with Gasteiger partial charge in [0.1, 0.15) is 4.32 Å². The average Bonchev–Trinajstić information content (AvgIpc) is 1.65. The van der Waals surface area contributed by atoms with Crippen LogP contribution in [0.3, 0.4) is 0 Å². The molecular weight excluding hydrogens is 241 g/mol. The van der Waals surface area contributed by atoms with Crippen LogP contribution in [-0.4, -0.2) is 23.3 Å². The number of hydrogen-bond donors (Lipinski definition) is 0. The zero-order valence-corrected chi connectivity index (χ0v) is 7.93. The standard InChI is InChI=1S/C3H6INS2/c1-5(2)3(6)7-4/h1-2H3. The second-order valence-corrected chi connectivity index (χ2v) is 3.74. The fraction of sp³-hybridized carbons (Fsp3) is 0.667. The van der Waals surface area contributed by atoms with E-state index in [0.717, 1.165) is 4.32 Å². The number of hydrogen-bond acceptors (Lipinski definition) is 2. The first-order valence-corrected chi connectivity index (χ1v) is 5.45. The maximum absolute atomic E-state index is 4.86. The summed E-state index contributed by atoms with van der Waals surface area (Å²) in [6, 6.07) is 0. The molecule has 7 heavy (non-hydrogen) atoms. The molecule has 0 aromatic carbocycles. The summed E-state index contributed by atoms with van der Waals surface area (Å²) < 4.78 is 0.917. The van der Waals surface area contributed by atoms with E-state index >= 15 is 0 Å². The van der Waals surface area contributed by atoms with Gasteiger partial charge >= 0.3 is 0 Å². The van der Waals surface area contributed by atoms with E-state index < -0.39 is 0 Å². The Bertz CT molecular complexity index is 73.3. The molecule has 0 aliphatic heterocycles. The van der Waals surface area contributed by atoms with Crippen molar-refractivity contribution in [1.29, 1.82) is 0 Å². The summed E-state index contributed by atoms with van der Waals surface area (Å²) in [6.07, 6.45) is 0. The van der Waals surface area contributed by atoms with Gasteiger partial charge in [-0.25, -0.2) is 0 Å². The van der Waals surface area contributed by atoms with Crippen molar-refractivity contribution >= 4 is 46.7 Å². The molecule has 0 fully saturated rings. The molecule has 0 radical (unpaired) electrons. The highest BCUT2D eigenvalue weighted by Crippen LogP contribution is 2.14. The first kappa shape index (κ1) is 7.97. The van der Waals surface area contributed by atoms with Crippen molar-refractivity contribution in [2.24, 2.45) is 0 Å². The van der Waals surface area contributed by atoms with Gasteiger partial charge < -0.3 is 4.90 Å². The molecule has 0 unspecified atom stereocenters. The van der Waals surface area contributed by atoms with Crippen molar-refractivity contribution in [3.8, 4) is 0 Å². The smallest absolute Gasteiger partial charge is 0.146 e. The number of rotatable bonds is 0. The lowest BCUT2D eigenvalue weighted by molar-refractivity contribution is 0.648. The van der Waals surface area contributed by atoms with Crippen molar-refractivity contribution < 1.29 is 0 Å². The zero-order chi connectivity index (χ0) is 5.86. The maximum Gasteiger partial charge on any atom is 0.146 e. The summed E-state index contributed by atoms with van der Waals surface area (Å²) in [5.74, 6) is 0. The Balaban J connectivity index is 3.35. The van der Waals surface area contributed by atoms with Crippen LogP contribution in [0.25, 0.3) is 0 Å². The Labute approximate surface area is 65.4 Å². The van der Waals surface area contributed by atoms with Gasteiger partial charge in [0.25, 0.3) is 0 Å². The third-order valence-electron chi connectivity index (χ3n) is 0.431. The van der Waals surface area contributed by atoms with E-state index in [1.165, 1.54) is 0 Å². The Morgan fingerprint density at radius 1 is 1.71 bits per heavy atom. The molecule has 0 saturated heterocycles. The second-order valence-electron chi connectivity index (χ2n) is 1.24. The summed E-state index contributed by atoms with van der Waals surface area (Å²) >= 11 is 7.02. The number of nitrogens with zero attached hydrogens (tertiary/aromatic N) is 1. The molecule has 0 aromatic heterocycles. The van der Waals surface area contributed by atoms with Gasteiger partial charge in [0.2, 0.25) is 0 Å². The highest BCUT2D eigenvalue weighted by atomic mass is 127. The molecule has 0 saturated carbocycles. The fourth-order valence-corrected chi connectivity index (χ4v) is 1.39. The van der Waals surface area contributed by atoms with Crippen molar-refractivity contribution in [3.63, 3.8) is 0 Å². The lowest BCUT2D eigenvalue weighted by Gasteiger charge is -2.07. The van der Waals surface area contributed by atoms with Gasteiger partial charge in [-0.1, -0.05) is 12.2 Å². The van der Waals surface area contributed by atoms with Crippen molar-refractivity contribution in [3.05, 3.63) is 0 Å². The van der Waals surface area contributed by atoms with Crippen LogP contribution in [0.4, 0.5) is 0 Å². The van der Waals surface area contributed by atoms with E-state index in [9.17, 15) is 0 Å². The lowest BCUT2D eigenvalue weighted by Crippen LogP contribution is -2.14. The van der Waals surface area contributed by atoms with Crippen LogP contribution >= 0.6 is 42.4 Å². The molecule has 0 rings (SSSR count). The molecule has 0 aliphatic carbocycles. The first-order valence-electron chi connectivity index (χ1n) is 1.68. The number of thiocarbonyl (C=S) groups is 1. The summed E-state index contributed by atoms with van der Waals surface area (Å²) in [6.45, 7) is 0. The van der Waals surface area contributed by atoms with Gasteiger partial charge in [0.05, 0.1) is 0 Å². The molecule has 0 amide bonds. The van der Waals surface area contributed by atoms with E-state index in [2.05, 4.69) is 21.2 Å². The number of halogens is 1. The third-order valence-corrected chi connectivity index (χ3v) is 3.69. The molecule has 0 atom stereocenters. The van der Waals surface area contributed by atoms with Crippen LogP contribution in [0.2, 0.25) is 0 Å². The molecule has 0 spiro atoms. The molecule has 0 heterocycles. The van der Waals surface area contributed by atoms with Crippen LogP contribution in [0.15, 0.2) is 0 Å². The molecule has 0 aromatic rings. The topological polar surface area (TPSA) is 3.24 Å². The summed E-state index contributed by atoms with van der Waals surface area (Å²) in [4.78, 5) is 1.91. The Kier molecular flexibility index (Phi) is 4.45. The van der Waals surface area contributed by atoms with Gasteiger partial charge in [-0.2, -0.15) is 0 Å². The van der Waals surface area contributed by atoms with Crippen LogP contribution in [-0.2, 0) is 0 Å². The average molecular weight is 247 g/mol. The molecule has 0 N–H and O–H groups in total. The van der Waals surface area contributed by atoms with Crippen LogP contribution in [0, 0.1) is 0 Å². The van der Waals surface area contributed by atoms with Crippen LogP contribution in [0.5, 0.6) is 0 Å². The highest BCUT2D eigenvalue weighted by molar-refractivity contribution is 14.2. The summed E-state index contributed by atoms with van der Waals surface area (Å²) in [7, 11) is 5.44. The molecule has 4 heteroatoms. The van der Waals surface area contributed by atoms with E-state index in [1.807, 2.05) is 19.0 Å². The maximum atomic E-state index is 4.86. The lowest BCUT2D eigenvalue weighted by atomic mass is 11.0. The van der Waals surface area contributed by atoms with E-state index in [-0.39, 0.29) is 0 Å². The predicted octanol–water partition coefficient (Wildman–Crippen LogP) is 1.92. The summed E-state index contributed by atoms with van der Waals surface area (Å²) in [5, 5.41) is 0. The SMILES string of the molecule is CN(C)C(=S)SI. The molecular formula is C3H6INS2. The predicted molar refractivity (Wildman–Crippen MR) is 47.9 cm³/mol. The van der Waals surface area contributed by atoms with Gasteiger partial charge in [-0.15, -0.1) is 0 Å². The van der Waals surface area contributed by atoms with Gasteiger partial charge in [0, 0.05) is 35.3 Å². The monoisotopic (exact) mass is 247 g/mol. The van der Waals surface area contributed by atoms with E-state index in [4.69, 9.17) is 12.2 Å². The van der Waals surface area contributed by atoms with Crippen LogP contribution in [0.1, 0.15) is 0 Å². The zero-order valence-electron chi connectivity index (χ0n) is 4.14. The highest BCUT2D eigenvalue weighted by Gasteiger charge is 1.92. The second kappa shape index (κ2) is 3.91. The Hall–Kier alpha value is 0.970. The summed E-state index contributed by atoms with van der Waals surface area (Å²) in [5.41, 5.74) is 0. The van der Waals surface area contributed by atoms with Crippen LogP contribution < -0.4 is 0 Å². The molecule has 0 aliphatic rings. The molecule has 1 nitrogen and oxygen atoms in total. The Morgan fingerprint density at radius 3 is 2.14 bits per heavy atom. The van der Waals surface area contributed by atoms with Crippen molar-refractivity contribution in [2.45, 2.75) is 0 Å². The largest absolute Gasteiger partial charge is 0.363 e. The quantitative estimate of drug-likeness (QED) is 0.475. The molecule has 42 valence electrons. The minimum atomic E-state index is 0.917. The minimum absolute atomic E-state index is 0.917. The normalized spacial score (nSPS) is 8.43. The van der Waals surface area contributed by atoms with E-state index in [0.29, 0.717) is 0 Å². The van der Waals surface area contributed by atoms with Crippen molar-refractivity contribution in [2.75, 3.05) is 14.1 Å². The Morgan fingerprint density at radius 2 is 2.14 bits per heavy atom. The van der Waals surface area contributed by atoms with E-state index in [1.54, 1.807) is 8.93 Å². The minimum Gasteiger partial charge on any atom is -0.363 e. The third kappa shape index (κ3) is 3.54. The van der Waals surface area contributed by atoms with Crippen molar-refractivity contribution in [1.82, 2.24) is 4.90 Å². The van der Waals surface area contributed by atoms with Gasteiger partial charge in [-0.05, 0) is 8.93 Å². The first-order chi connectivity index (χ1) is 3.18. The fourth-order valence-electron chi connectivity index (χ4n) is 0.0690. The van der Waals surface area contributed by atoms with Gasteiger partial charge in [0.15, 0.2) is 0 Å².